The lowest BCUT2D eigenvalue weighted by Crippen LogP contribution is -2.36. The van der Waals surface area contributed by atoms with Crippen molar-refractivity contribution in [3.63, 3.8) is 0 Å². The SMILES string of the molecule is Fc1ccc(CO/N=C/c2ccc(N3CCOCC3)cc2)cc1. The van der Waals surface area contributed by atoms with E-state index in [1.165, 1.54) is 17.8 Å². The molecule has 1 fully saturated rings. The minimum atomic E-state index is -0.252. The van der Waals surface area contributed by atoms with Gasteiger partial charge in [-0.3, -0.25) is 0 Å². The predicted molar refractivity (Wildman–Crippen MR) is 88.3 cm³/mol. The summed E-state index contributed by atoms with van der Waals surface area (Å²) in [5.74, 6) is -0.252. The monoisotopic (exact) mass is 314 g/mol. The van der Waals surface area contributed by atoms with Gasteiger partial charge in [0.1, 0.15) is 12.4 Å². The number of hydrogen-bond acceptors (Lipinski definition) is 4. The van der Waals surface area contributed by atoms with Crippen molar-refractivity contribution in [2.24, 2.45) is 5.16 Å². The third-order valence-electron chi connectivity index (χ3n) is 3.69. The molecule has 23 heavy (non-hydrogen) atoms. The first kappa shape index (κ1) is 15.5. The Bertz CT molecular complexity index is 635. The Labute approximate surface area is 135 Å². The number of oxime groups is 1. The van der Waals surface area contributed by atoms with Gasteiger partial charge >= 0.3 is 0 Å². The molecular formula is C18H19FN2O2. The Morgan fingerprint density at radius 1 is 1.04 bits per heavy atom. The summed E-state index contributed by atoms with van der Waals surface area (Å²) in [4.78, 5) is 7.53. The Balaban J connectivity index is 1.50. The number of ether oxygens (including phenoxy) is 1. The number of morpholine rings is 1. The van der Waals surface area contributed by atoms with E-state index in [-0.39, 0.29) is 5.82 Å². The molecule has 3 rings (SSSR count). The van der Waals surface area contributed by atoms with Crippen molar-refractivity contribution < 1.29 is 14.0 Å². The van der Waals surface area contributed by atoms with Crippen LogP contribution < -0.4 is 4.90 Å². The Kier molecular flexibility index (Phi) is 5.21. The molecule has 1 aliphatic heterocycles. The number of benzene rings is 2. The molecule has 0 saturated carbocycles. The number of rotatable bonds is 5. The van der Waals surface area contributed by atoms with Crippen LogP contribution in [0.4, 0.5) is 10.1 Å². The van der Waals surface area contributed by atoms with Gasteiger partial charge in [0.05, 0.1) is 19.4 Å². The first-order valence-corrected chi connectivity index (χ1v) is 7.64. The zero-order chi connectivity index (χ0) is 15.9. The fourth-order valence-corrected chi connectivity index (χ4v) is 2.38. The quantitative estimate of drug-likeness (QED) is 0.628. The molecule has 0 N–H and O–H groups in total. The summed E-state index contributed by atoms with van der Waals surface area (Å²) < 4.78 is 18.1. The second-order valence-corrected chi connectivity index (χ2v) is 5.33. The third kappa shape index (κ3) is 4.53. The van der Waals surface area contributed by atoms with Crippen LogP contribution in [0.25, 0.3) is 0 Å². The molecule has 2 aromatic carbocycles. The molecule has 1 saturated heterocycles. The van der Waals surface area contributed by atoms with Crippen LogP contribution in [0.15, 0.2) is 53.7 Å². The van der Waals surface area contributed by atoms with E-state index in [4.69, 9.17) is 9.57 Å². The lowest BCUT2D eigenvalue weighted by atomic mass is 10.2. The van der Waals surface area contributed by atoms with E-state index in [1.807, 2.05) is 12.1 Å². The van der Waals surface area contributed by atoms with Gasteiger partial charge in [-0.15, -0.1) is 0 Å². The van der Waals surface area contributed by atoms with E-state index < -0.39 is 0 Å². The van der Waals surface area contributed by atoms with Crippen LogP contribution in [-0.4, -0.2) is 32.5 Å². The molecule has 0 spiro atoms. The molecule has 0 aromatic heterocycles. The van der Waals surface area contributed by atoms with E-state index in [0.717, 1.165) is 37.4 Å². The molecule has 120 valence electrons. The topological polar surface area (TPSA) is 34.1 Å². The zero-order valence-electron chi connectivity index (χ0n) is 12.8. The van der Waals surface area contributed by atoms with E-state index in [1.54, 1.807) is 18.3 Å². The van der Waals surface area contributed by atoms with Gasteiger partial charge in [-0.05, 0) is 35.4 Å². The van der Waals surface area contributed by atoms with Crippen molar-refractivity contribution >= 4 is 11.9 Å². The molecule has 0 atom stereocenters. The summed E-state index contributed by atoms with van der Waals surface area (Å²) in [5.41, 5.74) is 3.05. The summed E-state index contributed by atoms with van der Waals surface area (Å²) in [5, 5.41) is 3.95. The molecule has 0 aliphatic carbocycles. The van der Waals surface area contributed by atoms with Gasteiger partial charge in [0.2, 0.25) is 0 Å². The average Bonchev–Trinajstić information content (AvgIpc) is 2.62. The van der Waals surface area contributed by atoms with E-state index in [0.29, 0.717) is 6.61 Å². The highest BCUT2D eigenvalue weighted by atomic mass is 19.1. The predicted octanol–water partition coefficient (Wildman–Crippen LogP) is 3.21. The number of halogens is 1. The number of nitrogens with zero attached hydrogens (tertiary/aromatic N) is 2. The van der Waals surface area contributed by atoms with E-state index in [2.05, 4.69) is 22.2 Å². The van der Waals surface area contributed by atoms with Gasteiger partial charge in [0.15, 0.2) is 0 Å². The highest BCUT2D eigenvalue weighted by molar-refractivity contribution is 5.79. The van der Waals surface area contributed by atoms with Gasteiger partial charge < -0.3 is 14.5 Å². The molecule has 0 radical (unpaired) electrons. The molecule has 1 heterocycles. The Hall–Kier alpha value is -2.40. The molecule has 0 bridgehead atoms. The molecule has 1 aliphatic rings. The third-order valence-corrected chi connectivity index (χ3v) is 3.69. The smallest absolute Gasteiger partial charge is 0.142 e. The number of hydrogen-bond donors (Lipinski definition) is 0. The van der Waals surface area contributed by atoms with Gasteiger partial charge in [0.25, 0.3) is 0 Å². The summed E-state index contributed by atoms with van der Waals surface area (Å²) in [6, 6.07) is 14.4. The van der Waals surface area contributed by atoms with Crippen molar-refractivity contribution in [2.45, 2.75) is 6.61 Å². The van der Waals surface area contributed by atoms with Crippen molar-refractivity contribution in [3.05, 3.63) is 65.5 Å². The van der Waals surface area contributed by atoms with Crippen LogP contribution in [0.5, 0.6) is 0 Å². The van der Waals surface area contributed by atoms with Crippen molar-refractivity contribution in [1.82, 2.24) is 0 Å². The van der Waals surface area contributed by atoms with Crippen LogP contribution in [0.1, 0.15) is 11.1 Å². The minimum absolute atomic E-state index is 0.252. The standard InChI is InChI=1S/C18H19FN2O2/c19-17-5-1-16(2-6-17)14-23-20-13-15-3-7-18(8-4-15)21-9-11-22-12-10-21/h1-8,13H,9-12,14H2/b20-13+. The molecule has 0 amide bonds. The molecule has 5 heteroatoms. The lowest BCUT2D eigenvalue weighted by molar-refractivity contribution is 0.122. The maximum absolute atomic E-state index is 12.8. The molecule has 4 nitrogen and oxygen atoms in total. The maximum Gasteiger partial charge on any atom is 0.142 e. The van der Waals surface area contributed by atoms with Crippen molar-refractivity contribution in [3.8, 4) is 0 Å². The fraction of sp³-hybridized carbons (Fsp3) is 0.278. The Morgan fingerprint density at radius 2 is 1.74 bits per heavy atom. The van der Waals surface area contributed by atoms with Gasteiger partial charge in [-0.2, -0.15) is 0 Å². The molecule has 0 unspecified atom stereocenters. The van der Waals surface area contributed by atoms with Crippen molar-refractivity contribution in [1.29, 1.82) is 0 Å². The highest BCUT2D eigenvalue weighted by Crippen LogP contribution is 2.16. The largest absolute Gasteiger partial charge is 0.391 e. The maximum atomic E-state index is 12.8. The first-order valence-electron chi connectivity index (χ1n) is 7.64. The lowest BCUT2D eigenvalue weighted by Gasteiger charge is -2.28. The zero-order valence-corrected chi connectivity index (χ0v) is 12.8. The summed E-state index contributed by atoms with van der Waals surface area (Å²) in [6.45, 7) is 3.73. The van der Waals surface area contributed by atoms with E-state index in [9.17, 15) is 4.39 Å². The second-order valence-electron chi connectivity index (χ2n) is 5.33. The van der Waals surface area contributed by atoms with Crippen molar-refractivity contribution in [2.75, 3.05) is 31.2 Å². The van der Waals surface area contributed by atoms with Crippen LogP contribution >= 0.6 is 0 Å². The van der Waals surface area contributed by atoms with Crippen LogP contribution in [-0.2, 0) is 16.2 Å². The van der Waals surface area contributed by atoms with Gasteiger partial charge in [-0.25, -0.2) is 4.39 Å². The number of anilines is 1. The highest BCUT2D eigenvalue weighted by Gasteiger charge is 2.10. The summed E-state index contributed by atoms with van der Waals surface area (Å²) in [7, 11) is 0. The van der Waals surface area contributed by atoms with Crippen LogP contribution in [0.3, 0.4) is 0 Å². The first-order chi connectivity index (χ1) is 11.3. The van der Waals surface area contributed by atoms with E-state index >= 15 is 0 Å². The fourth-order valence-electron chi connectivity index (χ4n) is 2.38. The average molecular weight is 314 g/mol. The van der Waals surface area contributed by atoms with Crippen LogP contribution in [0.2, 0.25) is 0 Å². The molecule has 2 aromatic rings. The second kappa shape index (κ2) is 7.74. The molecular weight excluding hydrogens is 295 g/mol. The summed E-state index contributed by atoms with van der Waals surface area (Å²) in [6.07, 6.45) is 1.67. The van der Waals surface area contributed by atoms with Gasteiger partial charge in [0, 0.05) is 18.8 Å². The summed E-state index contributed by atoms with van der Waals surface area (Å²) >= 11 is 0. The Morgan fingerprint density at radius 3 is 2.43 bits per heavy atom. The van der Waals surface area contributed by atoms with Crippen LogP contribution in [0, 0.1) is 5.82 Å². The minimum Gasteiger partial charge on any atom is -0.391 e. The normalized spacial score (nSPS) is 15.1. The van der Waals surface area contributed by atoms with Gasteiger partial charge in [-0.1, -0.05) is 29.4 Å².